The minimum atomic E-state index is -0.829. The predicted molar refractivity (Wildman–Crippen MR) is 59.7 cm³/mol. The van der Waals surface area contributed by atoms with Crippen LogP contribution in [0.2, 0.25) is 0 Å². The van der Waals surface area contributed by atoms with Gasteiger partial charge in [-0.15, -0.1) is 0 Å². The van der Waals surface area contributed by atoms with Crippen LogP contribution in [0.15, 0.2) is 0 Å². The number of carbonyl (C=O) groups is 2. The first-order valence-electron chi connectivity index (χ1n) is 4.97. The number of halogens is 1. The Hall–Kier alpha value is -0.580. The fourth-order valence-corrected chi connectivity index (χ4v) is 1.49. The smallest absolute Gasteiger partial charge is 0.320 e. The van der Waals surface area contributed by atoms with Crippen LogP contribution in [0.1, 0.15) is 20.8 Å². The molecule has 88 valence electrons. The summed E-state index contributed by atoms with van der Waals surface area (Å²) < 4.78 is 9.67. The quantitative estimate of drug-likeness (QED) is 0.423. The molecule has 0 aliphatic carbocycles. The number of esters is 2. The van der Waals surface area contributed by atoms with Gasteiger partial charge in [0.05, 0.1) is 13.2 Å². The van der Waals surface area contributed by atoms with E-state index in [-0.39, 0.29) is 19.1 Å². The highest BCUT2D eigenvalue weighted by Crippen LogP contribution is 2.17. The van der Waals surface area contributed by atoms with E-state index < -0.39 is 17.9 Å². The molecule has 4 nitrogen and oxygen atoms in total. The van der Waals surface area contributed by atoms with Crippen LogP contribution in [0.3, 0.4) is 0 Å². The molecule has 0 radical (unpaired) electrons. The molecular formula is C10H17BrO4. The molecule has 0 aromatic heterocycles. The van der Waals surface area contributed by atoms with Crippen molar-refractivity contribution in [1.82, 2.24) is 0 Å². The lowest BCUT2D eigenvalue weighted by molar-refractivity contribution is -0.163. The molecule has 0 saturated carbocycles. The Morgan fingerprint density at radius 2 is 1.53 bits per heavy atom. The van der Waals surface area contributed by atoms with Gasteiger partial charge in [-0.2, -0.15) is 0 Å². The van der Waals surface area contributed by atoms with Gasteiger partial charge in [0.25, 0.3) is 0 Å². The number of carbonyl (C=O) groups excluding carboxylic acids is 2. The van der Waals surface area contributed by atoms with Crippen molar-refractivity contribution in [2.75, 3.05) is 18.5 Å². The van der Waals surface area contributed by atoms with Crippen LogP contribution in [-0.2, 0) is 19.1 Å². The average molecular weight is 281 g/mol. The Balaban J connectivity index is 4.56. The lowest BCUT2D eigenvalue weighted by Crippen LogP contribution is -2.34. The highest BCUT2D eigenvalue weighted by molar-refractivity contribution is 9.09. The van der Waals surface area contributed by atoms with Gasteiger partial charge < -0.3 is 9.47 Å². The lowest BCUT2D eigenvalue weighted by Gasteiger charge is -2.18. The summed E-state index contributed by atoms with van der Waals surface area (Å²) in [6, 6.07) is 0. The monoisotopic (exact) mass is 280 g/mol. The predicted octanol–water partition coefficient (Wildman–Crippen LogP) is 1.76. The van der Waals surface area contributed by atoms with Gasteiger partial charge in [0.2, 0.25) is 0 Å². The van der Waals surface area contributed by atoms with Gasteiger partial charge in [-0.3, -0.25) is 9.59 Å². The van der Waals surface area contributed by atoms with Crippen LogP contribution in [0.25, 0.3) is 0 Å². The van der Waals surface area contributed by atoms with Crippen molar-refractivity contribution >= 4 is 27.9 Å². The molecule has 5 heteroatoms. The molecule has 0 rings (SSSR count). The van der Waals surface area contributed by atoms with Crippen LogP contribution in [-0.4, -0.2) is 30.5 Å². The average Bonchev–Trinajstić information content (AvgIpc) is 2.18. The van der Waals surface area contributed by atoms with Crippen LogP contribution in [0.4, 0.5) is 0 Å². The van der Waals surface area contributed by atoms with Crippen LogP contribution >= 0.6 is 15.9 Å². The summed E-state index contributed by atoms with van der Waals surface area (Å²) in [6.07, 6.45) is 0. The summed E-state index contributed by atoms with van der Waals surface area (Å²) in [4.78, 5) is 23.0. The topological polar surface area (TPSA) is 52.6 Å². The first-order chi connectivity index (χ1) is 7.08. The van der Waals surface area contributed by atoms with E-state index in [9.17, 15) is 9.59 Å². The minimum absolute atomic E-state index is 0.136. The third kappa shape index (κ3) is 4.64. The normalized spacial score (nSPS) is 12.3. The van der Waals surface area contributed by atoms with Gasteiger partial charge in [0, 0.05) is 5.33 Å². The van der Waals surface area contributed by atoms with E-state index in [1.807, 2.05) is 0 Å². The van der Waals surface area contributed by atoms with Crippen molar-refractivity contribution in [3.8, 4) is 0 Å². The minimum Gasteiger partial charge on any atom is -0.465 e. The molecule has 1 atom stereocenters. The summed E-state index contributed by atoms with van der Waals surface area (Å²) in [5.41, 5.74) is 0. The largest absolute Gasteiger partial charge is 0.465 e. The first kappa shape index (κ1) is 14.4. The van der Waals surface area contributed by atoms with E-state index in [0.29, 0.717) is 5.33 Å². The van der Waals surface area contributed by atoms with Gasteiger partial charge >= 0.3 is 11.9 Å². The van der Waals surface area contributed by atoms with Gasteiger partial charge in [0.1, 0.15) is 0 Å². The van der Waals surface area contributed by atoms with Crippen molar-refractivity contribution in [3.05, 3.63) is 0 Å². The zero-order valence-electron chi connectivity index (χ0n) is 9.29. The summed E-state index contributed by atoms with van der Waals surface area (Å²) >= 11 is 3.24. The second-order valence-electron chi connectivity index (χ2n) is 3.11. The zero-order valence-corrected chi connectivity index (χ0v) is 10.9. The molecule has 0 spiro atoms. The van der Waals surface area contributed by atoms with E-state index in [1.165, 1.54) is 0 Å². The highest BCUT2D eigenvalue weighted by atomic mass is 79.9. The Bertz CT molecular complexity index is 199. The molecule has 0 aromatic rings. The maximum atomic E-state index is 11.5. The van der Waals surface area contributed by atoms with E-state index in [4.69, 9.17) is 9.47 Å². The van der Waals surface area contributed by atoms with Crippen molar-refractivity contribution in [2.45, 2.75) is 20.8 Å². The summed E-state index contributed by atoms with van der Waals surface area (Å²) in [5, 5.41) is 0.551. The van der Waals surface area contributed by atoms with E-state index in [2.05, 4.69) is 15.9 Å². The molecule has 0 aliphatic rings. The van der Waals surface area contributed by atoms with E-state index >= 15 is 0 Å². The molecule has 1 unspecified atom stereocenters. The molecule has 15 heavy (non-hydrogen) atoms. The SMILES string of the molecule is CCOC(=O)C(C(=O)OCC)C(C)CBr. The van der Waals surface area contributed by atoms with Crippen LogP contribution < -0.4 is 0 Å². The van der Waals surface area contributed by atoms with Crippen molar-refractivity contribution in [1.29, 1.82) is 0 Å². The second-order valence-corrected chi connectivity index (χ2v) is 3.76. The molecule has 0 aliphatic heterocycles. The van der Waals surface area contributed by atoms with Gasteiger partial charge in [-0.05, 0) is 19.8 Å². The molecule has 0 heterocycles. The van der Waals surface area contributed by atoms with Crippen molar-refractivity contribution in [2.24, 2.45) is 11.8 Å². The number of ether oxygens (including phenoxy) is 2. The van der Waals surface area contributed by atoms with Crippen molar-refractivity contribution in [3.63, 3.8) is 0 Å². The summed E-state index contributed by atoms with van der Waals surface area (Å²) in [5.74, 6) is -1.99. The highest BCUT2D eigenvalue weighted by Gasteiger charge is 2.34. The third-order valence-corrected chi connectivity index (χ3v) is 2.91. The Morgan fingerprint density at radius 3 is 1.80 bits per heavy atom. The first-order valence-corrected chi connectivity index (χ1v) is 6.09. The Labute approximate surface area is 98.4 Å². The van der Waals surface area contributed by atoms with E-state index in [0.717, 1.165) is 0 Å². The van der Waals surface area contributed by atoms with Gasteiger partial charge in [0.15, 0.2) is 5.92 Å². The second kappa shape index (κ2) is 7.68. The zero-order chi connectivity index (χ0) is 11.8. The van der Waals surface area contributed by atoms with Gasteiger partial charge in [-0.25, -0.2) is 0 Å². The van der Waals surface area contributed by atoms with E-state index in [1.54, 1.807) is 20.8 Å². The van der Waals surface area contributed by atoms with Crippen LogP contribution in [0, 0.1) is 11.8 Å². The maximum Gasteiger partial charge on any atom is 0.320 e. The molecule has 0 aromatic carbocycles. The number of rotatable bonds is 6. The lowest BCUT2D eigenvalue weighted by atomic mass is 9.96. The number of hydrogen-bond acceptors (Lipinski definition) is 4. The fourth-order valence-electron chi connectivity index (χ4n) is 1.11. The Kier molecular flexibility index (Phi) is 7.38. The molecule has 0 amide bonds. The third-order valence-electron chi connectivity index (χ3n) is 1.89. The van der Waals surface area contributed by atoms with Gasteiger partial charge in [-0.1, -0.05) is 22.9 Å². The summed E-state index contributed by atoms with van der Waals surface area (Å²) in [6.45, 7) is 5.75. The number of alkyl halides is 1. The Morgan fingerprint density at radius 1 is 1.13 bits per heavy atom. The van der Waals surface area contributed by atoms with Crippen LogP contribution in [0.5, 0.6) is 0 Å². The number of hydrogen-bond donors (Lipinski definition) is 0. The molecule has 0 saturated heterocycles. The maximum absolute atomic E-state index is 11.5. The van der Waals surface area contributed by atoms with Crippen molar-refractivity contribution < 1.29 is 19.1 Å². The molecule has 0 bridgehead atoms. The molecule has 0 N–H and O–H groups in total. The molecule has 0 fully saturated rings. The summed E-state index contributed by atoms with van der Waals surface area (Å²) in [7, 11) is 0. The molecular weight excluding hydrogens is 264 g/mol. The fraction of sp³-hybridized carbons (Fsp3) is 0.800. The standard InChI is InChI=1S/C10H17BrO4/c1-4-14-9(12)8(7(3)6-11)10(13)15-5-2/h7-8H,4-6H2,1-3H3.